The second-order valence-electron chi connectivity index (χ2n) is 5.69. The summed E-state index contributed by atoms with van der Waals surface area (Å²) in [6, 6.07) is 14.8. The van der Waals surface area contributed by atoms with Gasteiger partial charge in [-0.2, -0.15) is 0 Å². The van der Waals surface area contributed by atoms with E-state index < -0.39 is 0 Å². The third-order valence-electron chi connectivity index (χ3n) is 3.71. The number of halogens is 1. The van der Waals surface area contributed by atoms with E-state index in [4.69, 9.17) is 11.6 Å². The van der Waals surface area contributed by atoms with Gasteiger partial charge in [-0.25, -0.2) is 0 Å². The van der Waals surface area contributed by atoms with Crippen LogP contribution in [-0.4, -0.2) is 29.8 Å². The minimum Gasteiger partial charge on any atom is -0.350 e. The van der Waals surface area contributed by atoms with Gasteiger partial charge in [0.1, 0.15) is 0 Å². The van der Waals surface area contributed by atoms with E-state index in [1.54, 1.807) is 29.2 Å². The molecular weight excluding hydrogens is 324 g/mol. The lowest BCUT2D eigenvalue weighted by atomic mass is 10.1. The Labute approximate surface area is 147 Å². The minimum absolute atomic E-state index is 0.0328. The molecule has 126 valence electrons. The van der Waals surface area contributed by atoms with Crippen LogP contribution in [0, 0.1) is 6.92 Å². The number of rotatable bonds is 6. The number of amides is 2. The van der Waals surface area contributed by atoms with E-state index in [1.807, 2.05) is 31.2 Å². The molecular formula is C19H21ClN2O2. The zero-order chi connectivity index (χ0) is 17.5. The molecule has 0 bridgehead atoms. The third-order valence-corrected chi connectivity index (χ3v) is 3.97. The summed E-state index contributed by atoms with van der Waals surface area (Å²) in [6.07, 6.45) is 0. The maximum absolute atomic E-state index is 12.1. The summed E-state index contributed by atoms with van der Waals surface area (Å²) in [4.78, 5) is 25.6. The van der Waals surface area contributed by atoms with Gasteiger partial charge in [0.2, 0.25) is 5.91 Å². The first-order chi connectivity index (χ1) is 11.5. The van der Waals surface area contributed by atoms with Crippen molar-refractivity contribution in [2.24, 2.45) is 0 Å². The van der Waals surface area contributed by atoms with E-state index >= 15 is 0 Å². The summed E-state index contributed by atoms with van der Waals surface area (Å²) in [5, 5.41) is 3.51. The number of carbonyl (C=O) groups is 2. The van der Waals surface area contributed by atoms with Crippen LogP contribution in [0.3, 0.4) is 0 Å². The average molecular weight is 345 g/mol. The molecule has 0 unspecified atom stereocenters. The fourth-order valence-electron chi connectivity index (χ4n) is 2.27. The molecule has 0 aromatic heterocycles. The Hall–Kier alpha value is -2.33. The van der Waals surface area contributed by atoms with Crippen molar-refractivity contribution in [1.82, 2.24) is 10.2 Å². The third kappa shape index (κ3) is 5.39. The van der Waals surface area contributed by atoms with Crippen LogP contribution in [0.5, 0.6) is 0 Å². The molecule has 0 aliphatic heterocycles. The lowest BCUT2D eigenvalue weighted by molar-refractivity contribution is -0.129. The Morgan fingerprint density at radius 2 is 1.67 bits per heavy atom. The molecule has 2 amide bonds. The first-order valence-corrected chi connectivity index (χ1v) is 8.18. The molecule has 2 aromatic rings. The summed E-state index contributed by atoms with van der Waals surface area (Å²) < 4.78 is 0. The molecule has 1 N–H and O–H groups in total. The smallest absolute Gasteiger partial charge is 0.251 e. The van der Waals surface area contributed by atoms with Gasteiger partial charge in [-0.05, 0) is 36.8 Å². The van der Waals surface area contributed by atoms with E-state index in [0.717, 1.165) is 11.1 Å². The number of nitrogens with one attached hydrogen (secondary N) is 1. The molecule has 0 radical (unpaired) electrons. The second-order valence-corrected chi connectivity index (χ2v) is 6.13. The normalized spacial score (nSPS) is 10.3. The molecule has 0 heterocycles. The predicted molar refractivity (Wildman–Crippen MR) is 96.1 cm³/mol. The minimum atomic E-state index is -0.134. The highest BCUT2D eigenvalue weighted by Gasteiger charge is 2.11. The number of nitrogens with zero attached hydrogens (tertiary/aromatic N) is 1. The van der Waals surface area contributed by atoms with Gasteiger partial charge in [0.05, 0.1) is 0 Å². The van der Waals surface area contributed by atoms with Gasteiger partial charge in [0, 0.05) is 37.1 Å². The first-order valence-electron chi connectivity index (χ1n) is 7.80. The lowest BCUT2D eigenvalue weighted by Gasteiger charge is -2.21. The number of hydrogen-bond acceptors (Lipinski definition) is 2. The van der Waals surface area contributed by atoms with E-state index in [1.165, 1.54) is 6.92 Å². The van der Waals surface area contributed by atoms with Crippen molar-refractivity contribution >= 4 is 23.4 Å². The van der Waals surface area contributed by atoms with Crippen LogP contribution in [0.4, 0.5) is 0 Å². The maximum atomic E-state index is 12.1. The van der Waals surface area contributed by atoms with Crippen LogP contribution in [0.15, 0.2) is 48.5 Å². The molecule has 24 heavy (non-hydrogen) atoms. The zero-order valence-electron chi connectivity index (χ0n) is 13.9. The second kappa shape index (κ2) is 8.50. The van der Waals surface area contributed by atoms with Crippen molar-refractivity contribution in [2.75, 3.05) is 13.1 Å². The van der Waals surface area contributed by atoms with Gasteiger partial charge in [0.15, 0.2) is 0 Å². The molecule has 0 saturated heterocycles. The monoisotopic (exact) mass is 344 g/mol. The number of carbonyl (C=O) groups excluding carboxylic acids is 2. The van der Waals surface area contributed by atoms with Crippen LogP contribution in [0.25, 0.3) is 0 Å². The molecule has 5 heteroatoms. The number of hydrogen-bond donors (Lipinski definition) is 1. The number of aryl methyl sites for hydroxylation is 1. The average Bonchev–Trinajstić information content (AvgIpc) is 2.56. The SMILES string of the molecule is CC(=O)N(CCNC(=O)c1ccc(C)cc1)Cc1ccc(Cl)cc1. The summed E-state index contributed by atoms with van der Waals surface area (Å²) >= 11 is 5.87. The number of benzene rings is 2. The largest absolute Gasteiger partial charge is 0.350 e. The topological polar surface area (TPSA) is 49.4 Å². The van der Waals surface area contributed by atoms with Crippen LogP contribution in [0.2, 0.25) is 5.02 Å². The highest BCUT2D eigenvalue weighted by molar-refractivity contribution is 6.30. The van der Waals surface area contributed by atoms with Gasteiger partial charge in [-0.15, -0.1) is 0 Å². The van der Waals surface area contributed by atoms with Crippen molar-refractivity contribution in [3.63, 3.8) is 0 Å². The van der Waals surface area contributed by atoms with Crippen LogP contribution >= 0.6 is 11.6 Å². The lowest BCUT2D eigenvalue weighted by Crippen LogP contribution is -2.37. The molecule has 0 spiro atoms. The fourth-order valence-corrected chi connectivity index (χ4v) is 2.40. The Bertz CT molecular complexity index is 696. The van der Waals surface area contributed by atoms with Crippen molar-refractivity contribution in [3.8, 4) is 0 Å². The van der Waals surface area contributed by atoms with Gasteiger partial charge in [0.25, 0.3) is 5.91 Å². The van der Waals surface area contributed by atoms with Crippen LogP contribution in [-0.2, 0) is 11.3 Å². The Balaban J connectivity index is 1.87. The van der Waals surface area contributed by atoms with E-state index in [2.05, 4.69) is 5.32 Å². The molecule has 0 fully saturated rings. The van der Waals surface area contributed by atoms with Crippen molar-refractivity contribution in [3.05, 3.63) is 70.2 Å². The quantitative estimate of drug-likeness (QED) is 0.872. The van der Waals surface area contributed by atoms with Crippen molar-refractivity contribution in [1.29, 1.82) is 0 Å². The van der Waals surface area contributed by atoms with Gasteiger partial charge in [-0.1, -0.05) is 41.4 Å². The highest BCUT2D eigenvalue weighted by atomic mass is 35.5. The van der Waals surface area contributed by atoms with Crippen LogP contribution < -0.4 is 5.32 Å². The van der Waals surface area contributed by atoms with Gasteiger partial charge < -0.3 is 10.2 Å². The zero-order valence-corrected chi connectivity index (χ0v) is 14.6. The van der Waals surface area contributed by atoms with Crippen LogP contribution in [0.1, 0.15) is 28.4 Å². The summed E-state index contributed by atoms with van der Waals surface area (Å²) in [7, 11) is 0. The van der Waals surface area contributed by atoms with Gasteiger partial charge in [-0.3, -0.25) is 9.59 Å². The van der Waals surface area contributed by atoms with E-state index in [0.29, 0.717) is 30.2 Å². The molecule has 0 aliphatic carbocycles. The van der Waals surface area contributed by atoms with Crippen molar-refractivity contribution in [2.45, 2.75) is 20.4 Å². The summed E-state index contributed by atoms with van der Waals surface area (Å²) in [5.74, 6) is -0.167. The van der Waals surface area contributed by atoms with Gasteiger partial charge >= 0.3 is 0 Å². The predicted octanol–water partition coefficient (Wildman–Crippen LogP) is 3.43. The molecule has 2 rings (SSSR count). The van der Waals surface area contributed by atoms with Crippen molar-refractivity contribution < 1.29 is 9.59 Å². The Morgan fingerprint density at radius 3 is 2.25 bits per heavy atom. The first kappa shape index (κ1) is 18.0. The molecule has 0 saturated carbocycles. The summed E-state index contributed by atoms with van der Waals surface area (Å²) in [5.41, 5.74) is 2.73. The Morgan fingerprint density at radius 1 is 1.04 bits per heavy atom. The molecule has 4 nitrogen and oxygen atoms in total. The summed E-state index contributed by atoms with van der Waals surface area (Å²) in [6.45, 7) is 4.85. The fraction of sp³-hybridized carbons (Fsp3) is 0.263. The molecule has 2 aromatic carbocycles. The Kier molecular flexibility index (Phi) is 6.38. The maximum Gasteiger partial charge on any atom is 0.251 e. The highest BCUT2D eigenvalue weighted by Crippen LogP contribution is 2.11. The standard InChI is InChI=1S/C19H21ClN2O2/c1-14-3-7-17(8-4-14)19(24)21-11-12-22(15(2)23)13-16-5-9-18(20)10-6-16/h3-10H,11-13H2,1-2H3,(H,21,24). The molecule has 0 aliphatic rings. The molecule has 0 atom stereocenters. The van der Waals surface area contributed by atoms with E-state index in [-0.39, 0.29) is 11.8 Å². The van der Waals surface area contributed by atoms with E-state index in [9.17, 15) is 9.59 Å².